The second-order valence-corrected chi connectivity index (χ2v) is 9.20. The van der Waals surface area contributed by atoms with Gasteiger partial charge in [-0.25, -0.2) is 8.42 Å². The van der Waals surface area contributed by atoms with Crippen LogP contribution in [0.2, 0.25) is 0 Å². The Morgan fingerprint density at radius 2 is 2.04 bits per heavy atom. The standard InChI is InChI=1S/C19H21N5O3S/c1-2-23-12-16(11-20-23)28(25,26)24-15-9-8-14(10-15)17(24)19-21-18(22-27-19)13-6-4-3-5-7-13/h3-7,11-12,14-15,17H,2,8-10H2,1H3/t14?,15?,17-/m1/s1. The average Bonchev–Trinajstić information content (AvgIpc) is 3.51. The van der Waals surface area contributed by atoms with E-state index >= 15 is 0 Å². The van der Waals surface area contributed by atoms with Gasteiger partial charge in [0, 0.05) is 24.3 Å². The Morgan fingerprint density at radius 3 is 2.79 bits per heavy atom. The number of rotatable bonds is 5. The molecule has 5 rings (SSSR count). The summed E-state index contributed by atoms with van der Waals surface area (Å²) in [6.07, 6.45) is 5.67. The maximum absolute atomic E-state index is 13.4. The van der Waals surface area contributed by atoms with E-state index in [1.54, 1.807) is 15.2 Å². The number of nitrogens with zero attached hydrogens (tertiary/aromatic N) is 5. The summed E-state index contributed by atoms with van der Waals surface area (Å²) < 4.78 is 35.6. The molecule has 1 aliphatic carbocycles. The molecule has 146 valence electrons. The lowest BCUT2D eigenvalue weighted by molar-refractivity contribution is 0.197. The monoisotopic (exact) mass is 399 g/mol. The maximum atomic E-state index is 13.4. The Kier molecular flexibility index (Phi) is 4.09. The third kappa shape index (κ3) is 2.68. The Hall–Kier alpha value is -2.52. The predicted octanol–water partition coefficient (Wildman–Crippen LogP) is 2.87. The van der Waals surface area contributed by atoms with E-state index in [-0.39, 0.29) is 16.9 Å². The second kappa shape index (κ2) is 6.52. The molecule has 3 atom stereocenters. The number of sulfonamides is 1. The first-order chi connectivity index (χ1) is 13.6. The van der Waals surface area contributed by atoms with Gasteiger partial charge in [-0.05, 0) is 32.1 Å². The van der Waals surface area contributed by atoms with E-state index in [0.717, 1.165) is 24.8 Å². The van der Waals surface area contributed by atoms with Crippen LogP contribution in [0.4, 0.5) is 0 Å². The summed E-state index contributed by atoms with van der Waals surface area (Å²) in [6, 6.07) is 9.10. The number of hydrogen-bond donors (Lipinski definition) is 0. The van der Waals surface area contributed by atoms with E-state index in [4.69, 9.17) is 4.52 Å². The topological polar surface area (TPSA) is 94.1 Å². The zero-order valence-electron chi connectivity index (χ0n) is 15.5. The van der Waals surface area contributed by atoms with Crippen LogP contribution in [0.15, 0.2) is 52.1 Å². The number of aryl methyl sites for hydroxylation is 1. The van der Waals surface area contributed by atoms with Gasteiger partial charge in [-0.15, -0.1) is 0 Å². The summed E-state index contributed by atoms with van der Waals surface area (Å²) in [5, 5.41) is 8.23. The Balaban J connectivity index is 1.52. The van der Waals surface area contributed by atoms with E-state index < -0.39 is 16.1 Å². The van der Waals surface area contributed by atoms with Crippen molar-refractivity contribution in [1.82, 2.24) is 24.2 Å². The maximum Gasteiger partial charge on any atom is 0.247 e. The van der Waals surface area contributed by atoms with Gasteiger partial charge in [-0.1, -0.05) is 35.5 Å². The minimum atomic E-state index is -3.69. The molecule has 8 nitrogen and oxygen atoms in total. The van der Waals surface area contributed by atoms with Gasteiger partial charge in [0.05, 0.1) is 6.20 Å². The van der Waals surface area contributed by atoms with Crippen LogP contribution in [0.1, 0.15) is 38.1 Å². The van der Waals surface area contributed by atoms with Crippen molar-refractivity contribution in [2.45, 2.75) is 49.7 Å². The molecule has 3 aromatic rings. The van der Waals surface area contributed by atoms with Crippen LogP contribution < -0.4 is 0 Å². The van der Waals surface area contributed by atoms with Crippen molar-refractivity contribution in [3.8, 4) is 11.4 Å². The average molecular weight is 399 g/mol. The lowest BCUT2D eigenvalue weighted by atomic mass is 10.00. The molecular formula is C19H21N5O3S. The molecule has 1 aliphatic heterocycles. The van der Waals surface area contributed by atoms with E-state index in [9.17, 15) is 8.42 Å². The van der Waals surface area contributed by atoms with Crippen molar-refractivity contribution < 1.29 is 12.9 Å². The van der Waals surface area contributed by atoms with Crippen molar-refractivity contribution in [2.75, 3.05) is 0 Å². The van der Waals surface area contributed by atoms with E-state index in [1.165, 1.54) is 6.20 Å². The number of benzene rings is 1. The van der Waals surface area contributed by atoms with Gasteiger partial charge in [0.1, 0.15) is 10.9 Å². The lowest BCUT2D eigenvalue weighted by Crippen LogP contribution is -2.40. The third-order valence-electron chi connectivity index (χ3n) is 5.76. The number of hydrogen-bond acceptors (Lipinski definition) is 6. The zero-order chi connectivity index (χ0) is 19.3. The Bertz CT molecular complexity index is 1090. The number of aromatic nitrogens is 4. The summed E-state index contributed by atoms with van der Waals surface area (Å²) >= 11 is 0. The Morgan fingerprint density at radius 1 is 1.21 bits per heavy atom. The molecule has 0 spiro atoms. The molecular weight excluding hydrogens is 378 g/mol. The van der Waals surface area contributed by atoms with E-state index in [0.29, 0.717) is 18.3 Å². The summed E-state index contributed by atoms with van der Waals surface area (Å²) in [6.45, 7) is 2.54. The van der Waals surface area contributed by atoms with Crippen LogP contribution >= 0.6 is 0 Å². The molecule has 1 aromatic carbocycles. The fourth-order valence-corrected chi connectivity index (χ4v) is 6.26. The molecule has 2 bridgehead atoms. The molecule has 3 heterocycles. The summed E-state index contributed by atoms with van der Waals surface area (Å²) in [5.41, 5.74) is 0.847. The van der Waals surface area contributed by atoms with Gasteiger partial charge >= 0.3 is 0 Å². The smallest absolute Gasteiger partial charge is 0.247 e. The lowest BCUT2D eigenvalue weighted by Gasteiger charge is -2.31. The summed E-state index contributed by atoms with van der Waals surface area (Å²) in [5.74, 6) is 1.05. The molecule has 28 heavy (non-hydrogen) atoms. The van der Waals surface area contributed by atoms with Crippen LogP contribution in [0.5, 0.6) is 0 Å². The third-order valence-corrected chi connectivity index (χ3v) is 7.65. The van der Waals surface area contributed by atoms with E-state index in [2.05, 4.69) is 15.2 Å². The van der Waals surface area contributed by atoms with Gasteiger partial charge in [-0.2, -0.15) is 14.4 Å². The highest BCUT2D eigenvalue weighted by Gasteiger charge is 2.54. The SMILES string of the molecule is CCn1cc(S(=O)(=O)N2C3CCC(C3)[C@@H]2c2nc(-c3ccccc3)no2)cn1. The first-order valence-corrected chi connectivity index (χ1v) is 11.0. The van der Waals surface area contributed by atoms with Gasteiger partial charge in [-0.3, -0.25) is 4.68 Å². The van der Waals surface area contributed by atoms with Crippen LogP contribution in [0, 0.1) is 5.92 Å². The van der Waals surface area contributed by atoms with Crippen LogP contribution in [-0.4, -0.2) is 38.7 Å². The van der Waals surface area contributed by atoms with Crippen molar-refractivity contribution in [1.29, 1.82) is 0 Å². The fraction of sp³-hybridized carbons (Fsp3) is 0.421. The molecule has 0 radical (unpaired) electrons. The van der Waals surface area contributed by atoms with Gasteiger partial charge in [0.15, 0.2) is 0 Å². The van der Waals surface area contributed by atoms with Crippen LogP contribution in [0.3, 0.4) is 0 Å². The highest BCUT2D eigenvalue weighted by atomic mass is 32.2. The highest BCUT2D eigenvalue weighted by molar-refractivity contribution is 7.89. The molecule has 0 N–H and O–H groups in total. The van der Waals surface area contributed by atoms with Crippen molar-refractivity contribution >= 4 is 10.0 Å². The van der Waals surface area contributed by atoms with Gasteiger partial charge < -0.3 is 4.52 Å². The minimum absolute atomic E-state index is 0.0305. The van der Waals surface area contributed by atoms with Crippen LogP contribution in [-0.2, 0) is 16.6 Å². The first kappa shape index (κ1) is 17.6. The van der Waals surface area contributed by atoms with Crippen molar-refractivity contribution in [3.05, 3.63) is 48.6 Å². The predicted molar refractivity (Wildman–Crippen MR) is 101 cm³/mol. The number of piperidine rings is 1. The van der Waals surface area contributed by atoms with Crippen molar-refractivity contribution in [2.24, 2.45) is 5.92 Å². The molecule has 2 unspecified atom stereocenters. The fourth-order valence-electron chi connectivity index (χ4n) is 4.43. The molecule has 1 saturated carbocycles. The molecule has 1 saturated heterocycles. The molecule has 2 fully saturated rings. The molecule has 2 aliphatic rings. The first-order valence-electron chi connectivity index (χ1n) is 9.53. The normalized spacial score (nSPS) is 24.8. The largest absolute Gasteiger partial charge is 0.337 e. The highest BCUT2D eigenvalue weighted by Crippen LogP contribution is 2.52. The van der Waals surface area contributed by atoms with Gasteiger partial charge in [0.25, 0.3) is 0 Å². The van der Waals surface area contributed by atoms with Crippen LogP contribution in [0.25, 0.3) is 11.4 Å². The summed E-state index contributed by atoms with van der Waals surface area (Å²) in [4.78, 5) is 4.77. The van der Waals surface area contributed by atoms with Crippen molar-refractivity contribution in [3.63, 3.8) is 0 Å². The second-order valence-electron chi connectivity index (χ2n) is 7.36. The quantitative estimate of drug-likeness (QED) is 0.655. The molecule has 0 amide bonds. The van der Waals surface area contributed by atoms with E-state index in [1.807, 2.05) is 37.3 Å². The van der Waals surface area contributed by atoms with Gasteiger partial charge in [0.2, 0.25) is 21.7 Å². The number of fused-ring (bicyclic) bond motifs is 2. The summed E-state index contributed by atoms with van der Waals surface area (Å²) in [7, 11) is -3.69. The Labute approximate surface area is 163 Å². The molecule has 2 aromatic heterocycles. The minimum Gasteiger partial charge on any atom is -0.337 e. The zero-order valence-corrected chi connectivity index (χ0v) is 16.3. The molecule has 9 heteroatoms.